The molecule has 4 nitrogen and oxygen atoms in total. The average molecular weight is 239 g/mol. The van der Waals surface area contributed by atoms with E-state index in [0.717, 1.165) is 12.1 Å². The third-order valence-corrected chi connectivity index (χ3v) is 3.62. The van der Waals surface area contributed by atoms with Gasteiger partial charge in [0, 0.05) is 25.2 Å². The van der Waals surface area contributed by atoms with Crippen LogP contribution in [0.15, 0.2) is 12.3 Å². The van der Waals surface area contributed by atoms with E-state index in [1.165, 1.54) is 0 Å². The Morgan fingerprint density at radius 3 is 2.59 bits per heavy atom. The molecular formula is C13H25N3O. The number of hydrogen-bond acceptors (Lipinski definition) is 3. The molecule has 1 aromatic heterocycles. The van der Waals surface area contributed by atoms with Crippen LogP contribution in [0.4, 0.5) is 0 Å². The number of aliphatic hydroxyl groups is 1. The lowest BCUT2D eigenvalue weighted by molar-refractivity contribution is 0.00308. The number of hydrogen-bond donors (Lipinski definition) is 2. The maximum atomic E-state index is 10.4. The van der Waals surface area contributed by atoms with E-state index in [-0.39, 0.29) is 12.5 Å². The number of nitrogens with zero attached hydrogens (tertiary/aromatic N) is 2. The molecule has 98 valence electrons. The Labute approximate surface area is 104 Å². The Balaban J connectivity index is 2.78. The predicted octanol–water partition coefficient (Wildman–Crippen LogP) is 1.74. The highest BCUT2D eigenvalue weighted by Crippen LogP contribution is 2.21. The lowest BCUT2D eigenvalue weighted by Crippen LogP contribution is -2.45. The molecular weight excluding hydrogens is 214 g/mol. The Kier molecular flexibility index (Phi) is 4.71. The molecule has 3 N–H and O–H groups in total. The monoisotopic (exact) mass is 239 g/mol. The molecule has 0 aromatic carbocycles. The Hall–Kier alpha value is -0.870. The summed E-state index contributed by atoms with van der Waals surface area (Å²) in [5.74, 6) is 0.126. The van der Waals surface area contributed by atoms with E-state index >= 15 is 0 Å². The van der Waals surface area contributed by atoms with Gasteiger partial charge in [-0.3, -0.25) is 4.68 Å². The van der Waals surface area contributed by atoms with Crippen molar-refractivity contribution >= 4 is 0 Å². The molecule has 0 aliphatic carbocycles. The van der Waals surface area contributed by atoms with Crippen LogP contribution < -0.4 is 5.73 Å². The molecule has 1 rings (SSSR count). The lowest BCUT2D eigenvalue weighted by atomic mass is 9.86. The summed E-state index contributed by atoms with van der Waals surface area (Å²) in [6, 6.07) is 2.36. The second-order valence-electron chi connectivity index (χ2n) is 5.18. The predicted molar refractivity (Wildman–Crippen MR) is 69.8 cm³/mol. The largest absolute Gasteiger partial charge is 0.388 e. The van der Waals surface area contributed by atoms with E-state index in [4.69, 9.17) is 5.73 Å². The van der Waals surface area contributed by atoms with Gasteiger partial charge in [0.25, 0.3) is 0 Å². The van der Waals surface area contributed by atoms with E-state index in [2.05, 4.69) is 18.9 Å². The molecule has 1 aromatic rings. The molecule has 0 saturated heterocycles. The molecule has 2 unspecified atom stereocenters. The van der Waals surface area contributed by atoms with Gasteiger partial charge in [0.1, 0.15) is 0 Å². The maximum absolute atomic E-state index is 10.4. The van der Waals surface area contributed by atoms with Crippen LogP contribution >= 0.6 is 0 Å². The quantitative estimate of drug-likeness (QED) is 0.795. The zero-order valence-corrected chi connectivity index (χ0v) is 11.3. The van der Waals surface area contributed by atoms with Gasteiger partial charge in [-0.25, -0.2) is 0 Å². The second-order valence-corrected chi connectivity index (χ2v) is 5.18. The van der Waals surface area contributed by atoms with Gasteiger partial charge < -0.3 is 10.8 Å². The number of aromatic nitrogens is 2. The van der Waals surface area contributed by atoms with Crippen molar-refractivity contribution in [2.45, 2.75) is 52.2 Å². The molecule has 0 spiro atoms. The molecule has 0 aliphatic heterocycles. The van der Waals surface area contributed by atoms with Gasteiger partial charge >= 0.3 is 0 Å². The summed E-state index contributed by atoms with van der Waals surface area (Å²) in [6.45, 7) is 8.50. The first-order chi connectivity index (χ1) is 7.92. The minimum atomic E-state index is -0.853. The molecule has 0 amide bonds. The van der Waals surface area contributed by atoms with Gasteiger partial charge in [0.05, 0.1) is 11.3 Å². The topological polar surface area (TPSA) is 64.1 Å². The van der Waals surface area contributed by atoms with Crippen LogP contribution in [-0.2, 0) is 6.42 Å². The third kappa shape index (κ3) is 3.30. The molecule has 0 fully saturated rings. The molecule has 4 heteroatoms. The molecule has 0 aliphatic rings. The SMILES string of the molecule is CCC(C)n1ccc(CC(O)(CN)C(C)C)n1. The Bertz CT molecular complexity index is 348. The van der Waals surface area contributed by atoms with Crippen LogP contribution in [-0.4, -0.2) is 27.0 Å². The van der Waals surface area contributed by atoms with Crippen molar-refractivity contribution in [1.29, 1.82) is 0 Å². The van der Waals surface area contributed by atoms with Crippen LogP contribution in [0.3, 0.4) is 0 Å². The van der Waals surface area contributed by atoms with Crippen LogP contribution in [0.2, 0.25) is 0 Å². The summed E-state index contributed by atoms with van der Waals surface area (Å²) in [4.78, 5) is 0. The van der Waals surface area contributed by atoms with E-state index in [9.17, 15) is 5.11 Å². The molecule has 17 heavy (non-hydrogen) atoms. The van der Waals surface area contributed by atoms with E-state index in [1.807, 2.05) is 30.8 Å². The first kappa shape index (κ1) is 14.2. The minimum Gasteiger partial charge on any atom is -0.388 e. The smallest absolute Gasteiger partial charge is 0.0847 e. The minimum absolute atomic E-state index is 0.126. The van der Waals surface area contributed by atoms with Crippen molar-refractivity contribution in [1.82, 2.24) is 9.78 Å². The summed E-state index contributed by atoms with van der Waals surface area (Å²) in [6.07, 6.45) is 3.54. The molecule has 1 heterocycles. The van der Waals surface area contributed by atoms with E-state index in [1.54, 1.807) is 0 Å². The first-order valence-electron chi connectivity index (χ1n) is 6.39. The summed E-state index contributed by atoms with van der Waals surface area (Å²) >= 11 is 0. The van der Waals surface area contributed by atoms with Gasteiger partial charge in [-0.15, -0.1) is 0 Å². The average Bonchev–Trinajstić information content (AvgIpc) is 2.75. The summed E-state index contributed by atoms with van der Waals surface area (Å²) in [5.41, 5.74) is 5.72. The zero-order chi connectivity index (χ0) is 13.1. The fraction of sp³-hybridized carbons (Fsp3) is 0.769. The fourth-order valence-corrected chi connectivity index (χ4v) is 1.73. The number of nitrogens with two attached hydrogens (primary N) is 1. The van der Waals surface area contributed by atoms with Crippen molar-refractivity contribution in [3.8, 4) is 0 Å². The maximum Gasteiger partial charge on any atom is 0.0847 e. The zero-order valence-electron chi connectivity index (χ0n) is 11.3. The summed E-state index contributed by atoms with van der Waals surface area (Å²) in [7, 11) is 0. The standard InChI is InChI=1S/C13H25N3O/c1-5-11(4)16-7-6-12(15-16)8-13(17,9-14)10(2)3/h6-7,10-11,17H,5,8-9,14H2,1-4H3. The Morgan fingerprint density at radius 1 is 1.47 bits per heavy atom. The summed E-state index contributed by atoms with van der Waals surface area (Å²) < 4.78 is 1.95. The molecule has 0 saturated carbocycles. The highest BCUT2D eigenvalue weighted by molar-refractivity contribution is 5.05. The van der Waals surface area contributed by atoms with Gasteiger partial charge in [0.15, 0.2) is 0 Å². The first-order valence-corrected chi connectivity index (χ1v) is 6.39. The van der Waals surface area contributed by atoms with Crippen molar-refractivity contribution in [2.75, 3.05) is 6.54 Å². The summed E-state index contributed by atoms with van der Waals surface area (Å²) in [5, 5.41) is 14.9. The van der Waals surface area contributed by atoms with Crippen molar-refractivity contribution in [3.63, 3.8) is 0 Å². The van der Waals surface area contributed by atoms with Crippen molar-refractivity contribution in [3.05, 3.63) is 18.0 Å². The molecule has 0 bridgehead atoms. The van der Waals surface area contributed by atoms with Crippen LogP contribution in [0, 0.1) is 5.92 Å². The molecule has 0 radical (unpaired) electrons. The van der Waals surface area contributed by atoms with Crippen molar-refractivity contribution in [2.24, 2.45) is 11.7 Å². The van der Waals surface area contributed by atoms with Gasteiger partial charge in [-0.1, -0.05) is 20.8 Å². The van der Waals surface area contributed by atoms with Crippen LogP contribution in [0.25, 0.3) is 0 Å². The van der Waals surface area contributed by atoms with Gasteiger partial charge in [-0.2, -0.15) is 5.10 Å². The van der Waals surface area contributed by atoms with Crippen molar-refractivity contribution < 1.29 is 5.11 Å². The fourth-order valence-electron chi connectivity index (χ4n) is 1.73. The van der Waals surface area contributed by atoms with Gasteiger partial charge in [-0.05, 0) is 25.3 Å². The second kappa shape index (κ2) is 5.65. The molecule has 2 atom stereocenters. The number of rotatable bonds is 6. The lowest BCUT2D eigenvalue weighted by Gasteiger charge is -2.30. The van der Waals surface area contributed by atoms with Crippen LogP contribution in [0.5, 0.6) is 0 Å². The van der Waals surface area contributed by atoms with E-state index in [0.29, 0.717) is 12.5 Å². The van der Waals surface area contributed by atoms with Crippen LogP contribution in [0.1, 0.15) is 45.9 Å². The van der Waals surface area contributed by atoms with E-state index < -0.39 is 5.60 Å². The normalized spacial score (nSPS) is 17.1. The van der Waals surface area contributed by atoms with Gasteiger partial charge in [0.2, 0.25) is 0 Å². The highest BCUT2D eigenvalue weighted by atomic mass is 16.3. The Morgan fingerprint density at radius 2 is 2.12 bits per heavy atom. The highest BCUT2D eigenvalue weighted by Gasteiger charge is 2.30. The third-order valence-electron chi connectivity index (χ3n) is 3.62.